The molecule has 0 fully saturated rings. The number of aliphatic hydroxyl groups excluding tert-OH is 4. The van der Waals surface area contributed by atoms with Crippen LogP contribution >= 0.6 is 15.9 Å². The summed E-state index contributed by atoms with van der Waals surface area (Å²) in [5, 5.41) is 34.1. The topological polar surface area (TPSA) is 115 Å². The van der Waals surface area contributed by atoms with Gasteiger partial charge >= 0.3 is 0 Å². The summed E-state index contributed by atoms with van der Waals surface area (Å²) in [5.41, 5.74) is 0. The molecule has 0 amide bonds. The third kappa shape index (κ3) is 9.75. The highest BCUT2D eigenvalue weighted by atomic mass is 79.9. The Morgan fingerprint density at radius 2 is 1.79 bits per heavy atom. The third-order valence-electron chi connectivity index (χ3n) is 1.07. The molecule has 0 bridgehead atoms. The first-order valence-corrected chi connectivity index (χ1v) is 4.42. The third-order valence-corrected chi connectivity index (χ3v) is 1.07. The van der Waals surface area contributed by atoms with Crippen LogP contribution in [0.3, 0.4) is 0 Å². The van der Waals surface area contributed by atoms with Gasteiger partial charge < -0.3 is 25.2 Å². The minimum absolute atomic E-state index is 0.0208. The maximum atomic E-state index is 9.76. The molecular weight excluding hydrogens is 260 g/mol. The van der Waals surface area contributed by atoms with Gasteiger partial charge in [0.15, 0.2) is 11.0 Å². The zero-order valence-corrected chi connectivity index (χ0v) is 9.09. The van der Waals surface area contributed by atoms with Gasteiger partial charge in [0.2, 0.25) is 0 Å². The second-order valence-corrected chi connectivity index (χ2v) is 3.45. The predicted octanol–water partition coefficient (Wildman–Crippen LogP) is -1.81. The van der Waals surface area contributed by atoms with Gasteiger partial charge in [-0.25, -0.2) is 0 Å². The molecule has 0 aromatic rings. The van der Waals surface area contributed by atoms with Crippen LogP contribution in [-0.4, -0.2) is 56.3 Å². The molecule has 4 N–H and O–H groups in total. The van der Waals surface area contributed by atoms with Crippen molar-refractivity contribution in [3.8, 4) is 0 Å². The van der Waals surface area contributed by atoms with E-state index in [4.69, 9.17) is 20.4 Å². The minimum Gasteiger partial charge on any atom is -0.394 e. The van der Waals surface area contributed by atoms with Gasteiger partial charge in [-0.05, 0) is 15.9 Å². The largest absolute Gasteiger partial charge is 0.394 e. The average molecular weight is 273 g/mol. The van der Waals surface area contributed by atoms with Gasteiger partial charge in [-0.3, -0.25) is 4.79 Å². The summed E-state index contributed by atoms with van der Waals surface area (Å²) in [6.07, 6.45) is -4.63. The Labute approximate surface area is 89.3 Å². The molecule has 7 heteroatoms. The number of aliphatic hydroxyl groups is 4. The summed E-state index contributed by atoms with van der Waals surface area (Å²) >= 11 is 2.63. The minimum atomic E-state index is -1.64. The smallest absolute Gasteiger partial charge is 0.194 e. The number of hydrogen-bond acceptors (Lipinski definition) is 6. The van der Waals surface area contributed by atoms with E-state index in [1.807, 2.05) is 0 Å². The van der Waals surface area contributed by atoms with Crippen molar-refractivity contribution in [2.24, 2.45) is 0 Å². The molecule has 3 unspecified atom stereocenters. The Hall–Kier alpha value is -0.340. The van der Waals surface area contributed by atoms with E-state index < -0.39 is 24.9 Å². The number of rotatable bonds is 4. The Bertz CT molecular complexity index is 170. The molecule has 0 saturated heterocycles. The van der Waals surface area contributed by atoms with Crippen molar-refractivity contribution in [2.45, 2.75) is 25.2 Å². The lowest BCUT2D eigenvalue weighted by atomic mass is 10.1. The van der Waals surface area contributed by atoms with E-state index in [-0.39, 0.29) is 11.0 Å². The van der Waals surface area contributed by atoms with E-state index in [9.17, 15) is 9.59 Å². The molecule has 6 nitrogen and oxygen atoms in total. The number of aldehydes is 1. The lowest BCUT2D eigenvalue weighted by molar-refractivity contribution is -0.127. The normalized spacial score (nSPS) is 15.9. The molecule has 3 atom stereocenters. The Morgan fingerprint density at radius 3 is 2.00 bits per heavy atom. The van der Waals surface area contributed by atoms with Gasteiger partial charge in [-0.2, -0.15) is 0 Å². The van der Waals surface area contributed by atoms with Crippen LogP contribution in [0.4, 0.5) is 0 Å². The van der Waals surface area contributed by atoms with Crippen molar-refractivity contribution < 1.29 is 30.0 Å². The van der Waals surface area contributed by atoms with Crippen LogP contribution in [0.2, 0.25) is 0 Å². The summed E-state index contributed by atoms with van der Waals surface area (Å²) in [4.78, 5) is 19.1. The fourth-order valence-electron chi connectivity index (χ4n) is 0.416. The van der Waals surface area contributed by atoms with E-state index >= 15 is 0 Å². The van der Waals surface area contributed by atoms with Gasteiger partial charge in [0.25, 0.3) is 0 Å². The zero-order chi connectivity index (χ0) is 11.7. The number of hydrogen-bond donors (Lipinski definition) is 4. The molecule has 0 heterocycles. The molecular formula is C7H13BrO6. The van der Waals surface area contributed by atoms with Crippen molar-refractivity contribution in [1.82, 2.24) is 0 Å². The van der Waals surface area contributed by atoms with Gasteiger partial charge in [0.05, 0.1) is 6.61 Å². The monoisotopic (exact) mass is 272 g/mol. The molecule has 0 aromatic heterocycles. The van der Waals surface area contributed by atoms with Crippen LogP contribution in [0.5, 0.6) is 0 Å². The van der Waals surface area contributed by atoms with Crippen LogP contribution in [0, 0.1) is 0 Å². The molecule has 0 spiro atoms. The first-order valence-electron chi connectivity index (χ1n) is 3.63. The fraction of sp³-hybridized carbons (Fsp3) is 0.714. The first-order chi connectivity index (χ1) is 6.36. The van der Waals surface area contributed by atoms with Crippen LogP contribution in [0.15, 0.2) is 0 Å². The lowest BCUT2D eigenvalue weighted by Crippen LogP contribution is -2.40. The predicted molar refractivity (Wildman–Crippen MR) is 50.8 cm³/mol. The molecule has 84 valence electrons. The summed E-state index contributed by atoms with van der Waals surface area (Å²) in [6, 6.07) is 0. The lowest BCUT2D eigenvalue weighted by Gasteiger charge is -2.16. The SMILES string of the molecule is CC(=O)Br.O=CC(O)C(O)C(O)CO. The molecule has 0 aliphatic rings. The summed E-state index contributed by atoms with van der Waals surface area (Å²) in [6.45, 7) is 0.756. The van der Waals surface area contributed by atoms with E-state index in [1.54, 1.807) is 0 Å². The van der Waals surface area contributed by atoms with Crippen molar-refractivity contribution in [3.63, 3.8) is 0 Å². The van der Waals surface area contributed by atoms with Crippen LogP contribution < -0.4 is 0 Å². The van der Waals surface area contributed by atoms with Crippen molar-refractivity contribution in [3.05, 3.63) is 0 Å². The van der Waals surface area contributed by atoms with Crippen LogP contribution in [0.1, 0.15) is 6.92 Å². The number of halogens is 1. The standard InChI is InChI=1S/C5H10O5.C2H3BrO/c6-1-3(8)5(10)4(9)2-7;1-2(3)4/h1,3-5,7-10H,2H2;1H3. The van der Waals surface area contributed by atoms with Gasteiger partial charge in [0.1, 0.15) is 18.3 Å². The molecule has 14 heavy (non-hydrogen) atoms. The maximum Gasteiger partial charge on any atom is 0.194 e. The quantitative estimate of drug-likeness (QED) is 0.354. The summed E-state index contributed by atoms with van der Waals surface area (Å²) in [5.74, 6) is 0. The molecule has 0 aliphatic heterocycles. The van der Waals surface area contributed by atoms with E-state index in [0.717, 1.165) is 0 Å². The van der Waals surface area contributed by atoms with Crippen LogP contribution in [0.25, 0.3) is 0 Å². The highest BCUT2D eigenvalue weighted by molar-refractivity contribution is 9.18. The van der Waals surface area contributed by atoms with Gasteiger partial charge in [-0.15, -0.1) is 0 Å². The fourth-order valence-corrected chi connectivity index (χ4v) is 0.416. The molecule has 0 aliphatic carbocycles. The number of carbonyl (C=O) groups is 2. The van der Waals surface area contributed by atoms with Crippen LogP contribution in [-0.2, 0) is 9.59 Å². The highest BCUT2D eigenvalue weighted by Crippen LogP contribution is 1.96. The van der Waals surface area contributed by atoms with E-state index in [0.29, 0.717) is 0 Å². The van der Waals surface area contributed by atoms with Gasteiger partial charge in [0, 0.05) is 6.92 Å². The Balaban J connectivity index is 0. The maximum absolute atomic E-state index is 9.76. The zero-order valence-electron chi connectivity index (χ0n) is 7.50. The Morgan fingerprint density at radius 1 is 1.43 bits per heavy atom. The van der Waals surface area contributed by atoms with Crippen molar-refractivity contribution in [2.75, 3.05) is 6.61 Å². The first kappa shape index (κ1) is 16.1. The van der Waals surface area contributed by atoms with Crippen molar-refractivity contribution >= 4 is 26.9 Å². The van der Waals surface area contributed by atoms with E-state index in [2.05, 4.69) is 15.9 Å². The van der Waals surface area contributed by atoms with Gasteiger partial charge in [-0.1, -0.05) is 0 Å². The van der Waals surface area contributed by atoms with Crippen molar-refractivity contribution in [1.29, 1.82) is 0 Å². The highest BCUT2D eigenvalue weighted by Gasteiger charge is 2.22. The van der Waals surface area contributed by atoms with E-state index in [1.165, 1.54) is 6.92 Å². The molecule has 0 radical (unpaired) electrons. The average Bonchev–Trinajstić information content (AvgIpc) is 2.13. The summed E-state index contributed by atoms with van der Waals surface area (Å²) < 4.78 is -0.0208. The Kier molecular flexibility index (Phi) is 10.6. The molecule has 0 aromatic carbocycles. The molecule has 0 rings (SSSR count). The second kappa shape index (κ2) is 9.22. The second-order valence-electron chi connectivity index (χ2n) is 2.34. The summed E-state index contributed by atoms with van der Waals surface area (Å²) in [7, 11) is 0. The molecule has 0 saturated carbocycles. The number of carbonyl (C=O) groups excluding carboxylic acids is 2.